The van der Waals surface area contributed by atoms with Crippen molar-refractivity contribution in [2.24, 2.45) is 5.92 Å². The van der Waals surface area contributed by atoms with Crippen LogP contribution in [0.25, 0.3) is 11.0 Å². The van der Waals surface area contributed by atoms with E-state index in [0.29, 0.717) is 6.42 Å². The Bertz CT molecular complexity index is 1330. The molecule has 3 heterocycles. The molecule has 1 aliphatic heterocycles. The maximum Gasteiger partial charge on any atom is 0.269 e. The lowest BCUT2D eigenvalue weighted by atomic mass is 10.1. The second-order valence-corrected chi connectivity index (χ2v) is 9.94. The largest absolute Gasteiger partial charge is 0.351 e. The van der Waals surface area contributed by atoms with Crippen LogP contribution in [0.2, 0.25) is 0 Å². The van der Waals surface area contributed by atoms with Gasteiger partial charge in [-0.3, -0.25) is 9.36 Å². The molecule has 1 aliphatic carbocycles. The molecule has 31 heavy (non-hydrogen) atoms. The minimum atomic E-state index is -4.13. The zero-order chi connectivity index (χ0) is 26.8. The van der Waals surface area contributed by atoms with Crippen LogP contribution in [0.5, 0.6) is 0 Å². The van der Waals surface area contributed by atoms with E-state index in [0.717, 1.165) is 40.2 Å². The number of aromatic nitrogens is 3. The van der Waals surface area contributed by atoms with Crippen molar-refractivity contribution in [1.29, 1.82) is 0 Å². The summed E-state index contributed by atoms with van der Waals surface area (Å²) in [6.07, 6.45) is -4.73. The molecular weight excluding hydrogens is 428 g/mol. The van der Waals surface area contributed by atoms with Gasteiger partial charge in [0.2, 0.25) is 16.0 Å². The van der Waals surface area contributed by atoms with Crippen LogP contribution in [0.3, 0.4) is 0 Å². The first-order valence-electron chi connectivity index (χ1n) is 12.4. The molecule has 1 saturated carbocycles. The number of halogens is 2. The summed E-state index contributed by atoms with van der Waals surface area (Å²) in [5.41, 5.74) is -2.03. The van der Waals surface area contributed by atoms with Crippen LogP contribution >= 0.6 is 0 Å². The number of fused-ring (bicyclic) bond motifs is 1. The van der Waals surface area contributed by atoms with Crippen molar-refractivity contribution in [1.82, 2.24) is 18.8 Å². The van der Waals surface area contributed by atoms with Crippen molar-refractivity contribution in [3.63, 3.8) is 0 Å². The van der Waals surface area contributed by atoms with E-state index >= 15 is 0 Å². The summed E-state index contributed by atoms with van der Waals surface area (Å²) >= 11 is 0. The molecule has 0 amide bonds. The summed E-state index contributed by atoms with van der Waals surface area (Å²) in [6.45, 7) is 0.700. The summed E-state index contributed by atoms with van der Waals surface area (Å²) in [4.78, 5) is 21.4. The predicted molar refractivity (Wildman–Crippen MR) is 114 cm³/mol. The van der Waals surface area contributed by atoms with Gasteiger partial charge in [-0.1, -0.05) is 13.3 Å². The number of anilines is 1. The summed E-state index contributed by atoms with van der Waals surface area (Å²) in [7, 11) is -3.85. The lowest BCUT2D eigenvalue weighted by Crippen LogP contribution is -2.42. The van der Waals surface area contributed by atoms with E-state index in [-0.39, 0.29) is 22.9 Å². The quantitative estimate of drug-likeness (QED) is 0.737. The minimum Gasteiger partial charge on any atom is -0.351 e. The van der Waals surface area contributed by atoms with Crippen molar-refractivity contribution in [3.8, 4) is 0 Å². The molecule has 11 heteroatoms. The van der Waals surface area contributed by atoms with Gasteiger partial charge in [0.25, 0.3) is 12.0 Å². The second-order valence-electron chi connectivity index (χ2n) is 7.96. The number of rotatable bonds is 5. The van der Waals surface area contributed by atoms with Gasteiger partial charge in [-0.25, -0.2) is 26.5 Å². The molecule has 2 aromatic heterocycles. The Morgan fingerprint density at radius 3 is 2.61 bits per heavy atom. The SMILES string of the molecule is [2H]C(F)(F)c1cc2cnc(NC3C([2H])([2H])CN(S(C)(=O)=O)CC3([2H])[2H])nc2n([C@@H]2CCC[C@@H]2C)c1=O. The number of alkyl halides is 2. The Balaban J connectivity index is 1.81. The van der Waals surface area contributed by atoms with Crippen molar-refractivity contribution < 1.29 is 24.1 Å². The Morgan fingerprint density at radius 2 is 2.03 bits per heavy atom. The van der Waals surface area contributed by atoms with E-state index in [1.165, 1.54) is 0 Å². The number of piperidine rings is 1. The highest BCUT2D eigenvalue weighted by molar-refractivity contribution is 7.88. The van der Waals surface area contributed by atoms with Gasteiger partial charge in [-0.05, 0) is 37.6 Å². The standard InChI is InChI=1S/C20H27F2N5O3S/c1-12-4-3-5-16(12)27-18-13(10-15(17(21)22)19(27)28)11-23-20(25-18)24-14-6-8-26(9-7-14)31(2,29)30/h10-12,14,16-17H,3-9H2,1-2H3,(H,23,24,25)/t12-,16+/m0/s1/i6D2,7D2,17D. The van der Waals surface area contributed by atoms with Gasteiger partial charge in [0.05, 0.1) is 11.8 Å². The van der Waals surface area contributed by atoms with Crippen LogP contribution in [-0.2, 0) is 10.0 Å². The zero-order valence-electron chi connectivity index (χ0n) is 22.1. The van der Waals surface area contributed by atoms with E-state index in [9.17, 15) is 22.0 Å². The number of hydrogen-bond acceptors (Lipinski definition) is 6. The first-order chi connectivity index (χ1) is 16.4. The van der Waals surface area contributed by atoms with E-state index in [2.05, 4.69) is 15.3 Å². The van der Waals surface area contributed by atoms with Crippen LogP contribution in [0, 0.1) is 5.92 Å². The van der Waals surface area contributed by atoms with Crippen molar-refractivity contribution in [3.05, 3.63) is 28.2 Å². The molecule has 0 radical (unpaired) electrons. The molecular formula is C20H27F2N5O3S. The number of hydrogen-bond donors (Lipinski definition) is 1. The fourth-order valence-electron chi connectivity index (χ4n) is 4.12. The highest BCUT2D eigenvalue weighted by Gasteiger charge is 2.30. The lowest BCUT2D eigenvalue weighted by molar-refractivity contribution is 0.148. The average Bonchev–Trinajstić information content (AvgIpc) is 3.13. The van der Waals surface area contributed by atoms with Gasteiger partial charge >= 0.3 is 0 Å². The van der Waals surface area contributed by atoms with Gasteiger partial charge in [-0.15, -0.1) is 0 Å². The number of pyridine rings is 1. The molecule has 2 atom stereocenters. The van der Waals surface area contributed by atoms with Crippen molar-refractivity contribution >= 4 is 27.0 Å². The third-order valence-corrected chi connectivity index (χ3v) is 7.01. The molecule has 0 spiro atoms. The van der Waals surface area contributed by atoms with Gasteiger partial charge in [0.1, 0.15) is 7.02 Å². The maximum absolute atomic E-state index is 14.0. The highest BCUT2D eigenvalue weighted by Crippen LogP contribution is 2.36. The van der Waals surface area contributed by atoms with Crippen LogP contribution < -0.4 is 10.9 Å². The normalized spacial score (nSPS) is 29.6. The predicted octanol–water partition coefficient (Wildman–Crippen LogP) is 2.93. The molecule has 170 valence electrons. The van der Waals surface area contributed by atoms with Crippen LogP contribution in [0.15, 0.2) is 17.1 Å². The number of nitrogens with zero attached hydrogens (tertiary/aromatic N) is 4. The molecule has 8 nitrogen and oxygen atoms in total. The highest BCUT2D eigenvalue weighted by atomic mass is 32.2. The average molecular weight is 461 g/mol. The molecule has 2 aromatic rings. The Kier molecular flexibility index (Phi) is 4.48. The smallest absolute Gasteiger partial charge is 0.269 e. The van der Waals surface area contributed by atoms with Crippen LogP contribution in [0.1, 0.15) is 63.8 Å². The van der Waals surface area contributed by atoms with Crippen molar-refractivity contribution in [2.45, 2.75) is 57.4 Å². The summed E-state index contributed by atoms with van der Waals surface area (Å²) < 4.78 is 94.2. The fourth-order valence-corrected chi connectivity index (χ4v) is 4.74. The third kappa shape index (κ3) is 4.43. The van der Waals surface area contributed by atoms with Crippen LogP contribution in [0.4, 0.5) is 14.7 Å². The molecule has 4 rings (SSSR count). The van der Waals surface area contributed by atoms with Gasteiger partial charge in [0.15, 0.2) is 0 Å². The number of sulfonamides is 1. The van der Waals surface area contributed by atoms with Gasteiger partial charge in [0, 0.05) is 42.2 Å². The molecule has 0 aromatic carbocycles. The summed E-state index contributed by atoms with van der Waals surface area (Å²) in [6, 6.07) is -1.13. The van der Waals surface area contributed by atoms with E-state index in [1.807, 2.05) is 6.92 Å². The molecule has 2 aliphatic rings. The zero-order valence-corrected chi connectivity index (χ0v) is 17.9. The maximum atomic E-state index is 14.0. The van der Waals surface area contributed by atoms with E-state index in [4.69, 9.17) is 6.85 Å². The molecule has 1 N–H and O–H groups in total. The minimum absolute atomic E-state index is 0.0129. The Labute approximate surface area is 186 Å². The molecule has 2 fully saturated rings. The lowest BCUT2D eigenvalue weighted by Gasteiger charge is -2.30. The second kappa shape index (κ2) is 8.42. The summed E-state index contributed by atoms with van der Waals surface area (Å²) in [5, 5.41) is 2.71. The molecule has 0 bridgehead atoms. The van der Waals surface area contributed by atoms with Crippen LogP contribution in [-0.4, -0.2) is 52.6 Å². The summed E-state index contributed by atoms with van der Waals surface area (Å²) in [5.74, 6) is -0.257. The molecule has 0 unspecified atom stereocenters. The first-order valence-corrected chi connectivity index (χ1v) is 11.8. The monoisotopic (exact) mass is 460 g/mol. The van der Waals surface area contributed by atoms with Crippen molar-refractivity contribution in [2.75, 3.05) is 24.7 Å². The van der Waals surface area contributed by atoms with Gasteiger partial charge < -0.3 is 5.32 Å². The number of nitrogens with one attached hydrogen (secondary N) is 1. The first kappa shape index (κ1) is 16.5. The fraction of sp³-hybridized carbons (Fsp3) is 0.650. The topological polar surface area (TPSA) is 97.2 Å². The van der Waals surface area contributed by atoms with Gasteiger partial charge in [-0.2, -0.15) is 4.98 Å². The Hall–Kier alpha value is -2.14. The van der Waals surface area contributed by atoms with E-state index < -0.39 is 65.5 Å². The third-order valence-electron chi connectivity index (χ3n) is 5.81. The molecule has 1 saturated heterocycles. The Morgan fingerprint density at radius 1 is 1.32 bits per heavy atom. The van der Waals surface area contributed by atoms with E-state index in [1.54, 1.807) is 0 Å².